The zero-order chi connectivity index (χ0) is 6.41. The van der Waals surface area contributed by atoms with E-state index in [0.29, 0.717) is 0 Å². The fourth-order valence-electron chi connectivity index (χ4n) is 0.178. The molecule has 7 heteroatoms. The third-order valence-electron chi connectivity index (χ3n) is 0.402. The maximum atomic E-state index is 10.0. The minimum atomic E-state index is -0.838. The molecule has 0 aliphatic carbocycles. The number of hydrogen-bond acceptors (Lipinski definition) is 5. The van der Waals surface area contributed by atoms with Crippen LogP contribution in [0.5, 0.6) is 0 Å². The van der Waals surface area contributed by atoms with Crippen molar-refractivity contribution in [2.24, 2.45) is 11.5 Å². The van der Waals surface area contributed by atoms with Crippen molar-refractivity contribution in [3.05, 3.63) is 0 Å². The van der Waals surface area contributed by atoms with Crippen LogP contribution in [0.4, 0.5) is 4.79 Å². The average Bonchev–Trinajstić information content (AvgIpc) is 1.68. The summed E-state index contributed by atoms with van der Waals surface area (Å²) >= 11 is 0. The second-order valence-electron chi connectivity index (χ2n) is 0.872. The van der Waals surface area contributed by atoms with Crippen LogP contribution in [-0.4, -0.2) is 19.6 Å². The van der Waals surface area contributed by atoms with Gasteiger partial charge in [0.25, 0.3) is 0 Å². The minimum Gasteiger partial charge on any atom is -0.419 e. The normalized spacial score (nSPS) is 6.60. The summed E-state index contributed by atoms with van der Waals surface area (Å²) in [6.45, 7) is -0.363. The van der Waals surface area contributed by atoms with Gasteiger partial charge in [0.15, 0.2) is 0 Å². The molecule has 0 heterocycles. The monoisotopic (exact) mass is 246 g/mol. The Morgan fingerprint density at radius 1 is 1.10 bits per heavy atom. The van der Waals surface area contributed by atoms with E-state index >= 15 is 0 Å². The number of rotatable bonds is 2. The van der Waals surface area contributed by atoms with Gasteiger partial charge in [-0.15, -0.1) is 0 Å². The molecule has 0 aromatic rings. The Labute approximate surface area is 79.7 Å². The van der Waals surface area contributed by atoms with Crippen LogP contribution in [0.3, 0.4) is 0 Å². The van der Waals surface area contributed by atoms with Gasteiger partial charge in [-0.25, -0.2) is 4.79 Å². The Bertz CT molecular complexity index is 74.1. The van der Waals surface area contributed by atoms with Crippen LogP contribution < -0.4 is 11.5 Å². The maximum absolute atomic E-state index is 10.0. The molecule has 0 atom stereocenters. The van der Waals surface area contributed by atoms with Gasteiger partial charge in [-0.2, -0.15) is 0 Å². The molecule has 10 heavy (non-hydrogen) atoms. The van der Waals surface area contributed by atoms with Crippen LogP contribution in [0.25, 0.3) is 0 Å². The minimum absolute atomic E-state index is 0. The van der Waals surface area contributed by atoms with E-state index in [2.05, 4.69) is 9.47 Å². The van der Waals surface area contributed by atoms with Gasteiger partial charge in [0.05, 0.1) is 0 Å². The van der Waals surface area contributed by atoms with Crippen molar-refractivity contribution in [2.45, 2.75) is 0 Å². The molecule has 0 aliphatic rings. The second-order valence-corrected chi connectivity index (χ2v) is 0.872. The van der Waals surface area contributed by atoms with E-state index in [1.54, 1.807) is 0 Å². The Kier molecular flexibility index (Phi) is 19.9. The molecule has 0 aliphatic heterocycles. The van der Waals surface area contributed by atoms with Crippen molar-refractivity contribution in [2.75, 3.05) is 13.5 Å². The zero-order valence-corrected chi connectivity index (χ0v) is 6.78. The van der Waals surface area contributed by atoms with E-state index in [1.807, 2.05) is 0 Å². The predicted octanol–water partition coefficient (Wildman–Crippen LogP) is -1.03. The van der Waals surface area contributed by atoms with Gasteiger partial charge in [-0.05, 0) is 0 Å². The van der Waals surface area contributed by atoms with E-state index in [9.17, 15) is 4.79 Å². The molecule has 0 fully saturated rings. The Balaban J connectivity index is -0.000000245. The van der Waals surface area contributed by atoms with Crippen molar-refractivity contribution in [1.82, 2.24) is 0 Å². The van der Waals surface area contributed by atoms with E-state index in [4.69, 9.17) is 11.5 Å². The molecule has 4 N–H and O–H groups in total. The van der Waals surface area contributed by atoms with Crippen molar-refractivity contribution >= 4 is 6.16 Å². The molecule has 0 aromatic carbocycles. The van der Waals surface area contributed by atoms with Crippen molar-refractivity contribution in [3.63, 3.8) is 0 Å². The van der Waals surface area contributed by atoms with Crippen LogP contribution in [0.15, 0.2) is 0 Å². The number of hydrogen-bond donors (Lipinski definition) is 2. The summed E-state index contributed by atoms with van der Waals surface area (Å²) in [4.78, 5) is 10.0. The largest absolute Gasteiger partial charge is 0.510 e. The van der Waals surface area contributed by atoms with Crippen molar-refractivity contribution in [1.29, 1.82) is 0 Å². The molecule has 0 rings (SSSR count). The van der Waals surface area contributed by atoms with Crippen LogP contribution in [0, 0.1) is 0 Å². The first-order valence-electron chi connectivity index (χ1n) is 2.01. The molecule has 2 radical (unpaired) electrons. The van der Waals surface area contributed by atoms with Crippen LogP contribution in [-0.2, 0) is 43.6 Å². The molecule has 0 spiro atoms. The average molecular weight is 247 g/mol. The molecule has 0 bridgehead atoms. The van der Waals surface area contributed by atoms with E-state index < -0.39 is 6.16 Å². The standard InChI is InChI=1S/C3H8N2O3.2Cu/c4-1-7-3(6)8-2-5;;/h1-2,4-5H2;;. The van der Waals surface area contributed by atoms with Gasteiger partial charge in [-0.1, -0.05) is 0 Å². The topological polar surface area (TPSA) is 87.6 Å². The van der Waals surface area contributed by atoms with E-state index in [-0.39, 0.29) is 47.6 Å². The van der Waals surface area contributed by atoms with Crippen LogP contribution in [0.1, 0.15) is 0 Å². The van der Waals surface area contributed by atoms with Crippen molar-refractivity contribution < 1.29 is 48.4 Å². The number of ether oxygens (including phenoxy) is 2. The predicted molar refractivity (Wildman–Crippen MR) is 25.7 cm³/mol. The summed E-state index contributed by atoms with van der Waals surface area (Å²) in [7, 11) is 0. The third kappa shape index (κ3) is 11.1. The maximum Gasteiger partial charge on any atom is 0.510 e. The molecule has 0 saturated heterocycles. The smallest absolute Gasteiger partial charge is 0.419 e. The fourth-order valence-corrected chi connectivity index (χ4v) is 0.178. The number of nitrogens with two attached hydrogens (primary N) is 2. The quantitative estimate of drug-likeness (QED) is 0.370. The number of carbonyl (C=O) groups excluding carboxylic acids is 1. The Morgan fingerprint density at radius 3 is 1.60 bits per heavy atom. The van der Waals surface area contributed by atoms with Gasteiger partial charge < -0.3 is 9.47 Å². The summed E-state index contributed by atoms with van der Waals surface area (Å²) in [6, 6.07) is 0. The fraction of sp³-hybridized carbons (Fsp3) is 0.667. The van der Waals surface area contributed by atoms with E-state index in [1.165, 1.54) is 0 Å². The summed E-state index contributed by atoms with van der Waals surface area (Å²) < 4.78 is 8.24. The molecule has 0 aromatic heterocycles. The summed E-state index contributed by atoms with van der Waals surface area (Å²) in [5.41, 5.74) is 9.59. The van der Waals surface area contributed by atoms with Crippen molar-refractivity contribution in [3.8, 4) is 0 Å². The molecule has 0 unspecified atom stereocenters. The summed E-state index contributed by atoms with van der Waals surface area (Å²) in [5.74, 6) is 0. The molecular formula is C3H8Cu2N2O3. The molecule has 70 valence electrons. The van der Waals surface area contributed by atoms with Crippen LogP contribution >= 0.6 is 0 Å². The first kappa shape index (κ1) is 16.7. The second kappa shape index (κ2) is 12.0. The van der Waals surface area contributed by atoms with Gasteiger partial charge in [-0.3, -0.25) is 11.5 Å². The Morgan fingerprint density at radius 2 is 1.40 bits per heavy atom. The van der Waals surface area contributed by atoms with Gasteiger partial charge >= 0.3 is 6.16 Å². The SMILES string of the molecule is NCOC(=O)OCN.[Cu].[Cu]. The summed E-state index contributed by atoms with van der Waals surface area (Å²) in [5, 5.41) is 0. The van der Waals surface area contributed by atoms with E-state index in [0.717, 1.165) is 0 Å². The number of carbonyl (C=O) groups is 1. The first-order chi connectivity index (χ1) is 3.81. The molecule has 0 amide bonds. The Hall–Kier alpha value is 0.229. The molecule has 0 saturated carbocycles. The third-order valence-corrected chi connectivity index (χ3v) is 0.402. The summed E-state index contributed by atoms with van der Waals surface area (Å²) in [6.07, 6.45) is -0.838. The van der Waals surface area contributed by atoms with Gasteiger partial charge in [0.1, 0.15) is 13.5 Å². The zero-order valence-electron chi connectivity index (χ0n) is 4.90. The first-order valence-corrected chi connectivity index (χ1v) is 2.01. The molecule has 5 nitrogen and oxygen atoms in total. The van der Waals surface area contributed by atoms with Gasteiger partial charge in [0.2, 0.25) is 0 Å². The van der Waals surface area contributed by atoms with Crippen LogP contribution in [0.2, 0.25) is 0 Å². The molecular weight excluding hydrogens is 239 g/mol. The van der Waals surface area contributed by atoms with Gasteiger partial charge in [0, 0.05) is 34.1 Å².